The molecule has 112 valence electrons. The normalized spacial score (nSPS) is 12.5. The first kappa shape index (κ1) is 16.7. The van der Waals surface area contributed by atoms with E-state index in [2.05, 4.69) is 43.4 Å². The van der Waals surface area contributed by atoms with Crippen molar-refractivity contribution in [1.82, 2.24) is 10.2 Å². The lowest BCUT2D eigenvalue weighted by Crippen LogP contribution is -2.44. The number of carbonyl (C=O) groups excluding carboxylic acids is 1. The Labute approximate surface area is 123 Å². The van der Waals surface area contributed by atoms with Gasteiger partial charge in [0.05, 0.1) is 6.04 Å². The van der Waals surface area contributed by atoms with Gasteiger partial charge in [-0.05, 0) is 37.8 Å². The van der Waals surface area contributed by atoms with Crippen LogP contribution in [0.25, 0.3) is 0 Å². The summed E-state index contributed by atoms with van der Waals surface area (Å²) in [6, 6.07) is 8.46. The predicted octanol–water partition coefficient (Wildman–Crippen LogP) is 3.16. The molecule has 3 heteroatoms. The first-order valence-corrected chi connectivity index (χ1v) is 7.60. The number of nitrogens with zero attached hydrogens (tertiary/aromatic N) is 1. The Morgan fingerprint density at radius 3 is 2.10 bits per heavy atom. The molecule has 0 aromatic heterocycles. The van der Waals surface area contributed by atoms with Crippen molar-refractivity contribution >= 4 is 5.91 Å². The molecule has 1 atom stereocenters. The van der Waals surface area contributed by atoms with Crippen molar-refractivity contribution < 1.29 is 4.79 Å². The average Bonchev–Trinajstić information content (AvgIpc) is 2.46. The van der Waals surface area contributed by atoms with E-state index in [0.717, 1.165) is 19.6 Å². The van der Waals surface area contributed by atoms with E-state index in [9.17, 15) is 4.79 Å². The molecule has 0 radical (unpaired) electrons. The van der Waals surface area contributed by atoms with Crippen LogP contribution in [0, 0.1) is 0 Å². The van der Waals surface area contributed by atoms with Crippen molar-refractivity contribution in [3.05, 3.63) is 35.4 Å². The van der Waals surface area contributed by atoms with Crippen LogP contribution in [-0.2, 0) is 11.3 Å². The zero-order valence-corrected chi connectivity index (χ0v) is 13.4. The number of carbonyl (C=O) groups is 1. The van der Waals surface area contributed by atoms with Gasteiger partial charge in [-0.3, -0.25) is 4.79 Å². The van der Waals surface area contributed by atoms with Crippen LogP contribution >= 0.6 is 0 Å². The van der Waals surface area contributed by atoms with Crippen LogP contribution in [0.4, 0.5) is 0 Å². The number of hydrogen-bond donors (Lipinski definition) is 1. The summed E-state index contributed by atoms with van der Waals surface area (Å²) in [6.07, 6.45) is 0. The van der Waals surface area contributed by atoms with Crippen molar-refractivity contribution in [2.75, 3.05) is 13.1 Å². The molecule has 0 spiro atoms. The number of nitrogens with one attached hydrogen (secondary N) is 1. The predicted molar refractivity (Wildman–Crippen MR) is 84.8 cm³/mol. The molecule has 3 nitrogen and oxygen atoms in total. The van der Waals surface area contributed by atoms with E-state index in [1.54, 1.807) is 0 Å². The molecule has 20 heavy (non-hydrogen) atoms. The maximum atomic E-state index is 12.1. The maximum absolute atomic E-state index is 12.1. The van der Waals surface area contributed by atoms with Gasteiger partial charge in [-0.25, -0.2) is 0 Å². The van der Waals surface area contributed by atoms with Gasteiger partial charge in [-0.1, -0.05) is 38.1 Å². The molecule has 0 fully saturated rings. The van der Waals surface area contributed by atoms with Gasteiger partial charge < -0.3 is 10.2 Å². The van der Waals surface area contributed by atoms with E-state index >= 15 is 0 Å². The zero-order chi connectivity index (χ0) is 15.1. The number of amides is 1. The highest BCUT2D eigenvalue weighted by Gasteiger charge is 2.17. The van der Waals surface area contributed by atoms with Crippen molar-refractivity contribution in [2.45, 2.75) is 53.1 Å². The monoisotopic (exact) mass is 276 g/mol. The Morgan fingerprint density at radius 2 is 1.65 bits per heavy atom. The van der Waals surface area contributed by atoms with Gasteiger partial charge in [-0.15, -0.1) is 0 Å². The second kappa shape index (κ2) is 8.05. The first-order valence-electron chi connectivity index (χ1n) is 7.60. The van der Waals surface area contributed by atoms with Gasteiger partial charge in [0.15, 0.2) is 0 Å². The summed E-state index contributed by atoms with van der Waals surface area (Å²) in [4.78, 5) is 14.0. The molecule has 0 bridgehead atoms. The summed E-state index contributed by atoms with van der Waals surface area (Å²) >= 11 is 0. The first-order chi connectivity index (χ1) is 9.49. The lowest BCUT2D eigenvalue weighted by molar-refractivity contribution is -0.132. The Balaban J connectivity index is 2.52. The highest BCUT2D eigenvalue weighted by Crippen LogP contribution is 2.14. The Kier molecular flexibility index (Phi) is 6.73. The van der Waals surface area contributed by atoms with Gasteiger partial charge in [-0.2, -0.15) is 0 Å². The van der Waals surface area contributed by atoms with Gasteiger partial charge in [0.25, 0.3) is 0 Å². The average molecular weight is 276 g/mol. The fourth-order valence-corrected chi connectivity index (χ4v) is 2.19. The van der Waals surface area contributed by atoms with Crippen LogP contribution in [-0.4, -0.2) is 29.9 Å². The molecule has 1 aromatic rings. The number of rotatable bonds is 7. The largest absolute Gasteiger partial charge is 0.342 e. The van der Waals surface area contributed by atoms with Crippen molar-refractivity contribution in [3.63, 3.8) is 0 Å². The van der Waals surface area contributed by atoms with E-state index < -0.39 is 0 Å². The SMILES string of the molecule is CCN(CC)C(=O)C(C)NCc1ccc(C(C)C)cc1. The topological polar surface area (TPSA) is 32.3 Å². The Hall–Kier alpha value is -1.35. The van der Waals surface area contributed by atoms with Crippen LogP contribution in [0.5, 0.6) is 0 Å². The third-order valence-electron chi connectivity index (χ3n) is 3.70. The van der Waals surface area contributed by atoms with Gasteiger partial charge in [0, 0.05) is 19.6 Å². The summed E-state index contributed by atoms with van der Waals surface area (Å²) in [5.74, 6) is 0.731. The molecule has 0 saturated heterocycles. The molecule has 0 aliphatic heterocycles. The van der Waals surface area contributed by atoms with Crippen LogP contribution < -0.4 is 5.32 Å². The number of likely N-dealkylation sites (N-methyl/N-ethyl adjacent to an activating group) is 1. The van der Waals surface area contributed by atoms with E-state index in [4.69, 9.17) is 0 Å². The van der Waals surface area contributed by atoms with Crippen LogP contribution in [0.1, 0.15) is 51.7 Å². The lowest BCUT2D eigenvalue weighted by Gasteiger charge is -2.23. The quantitative estimate of drug-likeness (QED) is 0.829. The molecule has 1 N–H and O–H groups in total. The second-order valence-corrected chi connectivity index (χ2v) is 5.51. The van der Waals surface area contributed by atoms with Crippen molar-refractivity contribution in [3.8, 4) is 0 Å². The summed E-state index contributed by atoms with van der Waals surface area (Å²) in [5.41, 5.74) is 2.56. The fraction of sp³-hybridized carbons (Fsp3) is 0.588. The Morgan fingerprint density at radius 1 is 1.10 bits per heavy atom. The molecular weight excluding hydrogens is 248 g/mol. The van der Waals surface area contributed by atoms with E-state index in [1.165, 1.54) is 11.1 Å². The molecule has 1 aromatic carbocycles. The number of hydrogen-bond acceptors (Lipinski definition) is 2. The van der Waals surface area contributed by atoms with E-state index in [1.807, 2.05) is 25.7 Å². The smallest absolute Gasteiger partial charge is 0.239 e. The fourth-order valence-electron chi connectivity index (χ4n) is 2.19. The highest BCUT2D eigenvalue weighted by atomic mass is 16.2. The highest BCUT2D eigenvalue weighted by molar-refractivity contribution is 5.81. The molecule has 1 unspecified atom stereocenters. The molecule has 0 aliphatic rings. The van der Waals surface area contributed by atoms with Gasteiger partial charge >= 0.3 is 0 Å². The lowest BCUT2D eigenvalue weighted by atomic mass is 10.0. The molecule has 0 heterocycles. The second-order valence-electron chi connectivity index (χ2n) is 5.51. The minimum Gasteiger partial charge on any atom is -0.342 e. The molecule has 1 amide bonds. The van der Waals surface area contributed by atoms with Crippen LogP contribution in [0.3, 0.4) is 0 Å². The Bertz CT molecular complexity index is 408. The summed E-state index contributed by atoms with van der Waals surface area (Å²) in [6.45, 7) is 12.6. The summed E-state index contributed by atoms with van der Waals surface area (Å²) in [5, 5.41) is 3.31. The zero-order valence-electron chi connectivity index (χ0n) is 13.4. The summed E-state index contributed by atoms with van der Waals surface area (Å²) < 4.78 is 0. The van der Waals surface area contributed by atoms with Crippen LogP contribution in [0.2, 0.25) is 0 Å². The maximum Gasteiger partial charge on any atom is 0.239 e. The van der Waals surface area contributed by atoms with E-state index in [0.29, 0.717) is 5.92 Å². The minimum absolute atomic E-state index is 0.139. The van der Waals surface area contributed by atoms with Crippen molar-refractivity contribution in [2.24, 2.45) is 0 Å². The third kappa shape index (κ3) is 4.64. The molecule has 0 aliphatic carbocycles. The number of benzene rings is 1. The van der Waals surface area contributed by atoms with Crippen molar-refractivity contribution in [1.29, 1.82) is 0 Å². The molecule has 0 saturated carbocycles. The third-order valence-corrected chi connectivity index (χ3v) is 3.70. The van der Waals surface area contributed by atoms with Gasteiger partial charge in [0.1, 0.15) is 0 Å². The van der Waals surface area contributed by atoms with Gasteiger partial charge in [0.2, 0.25) is 5.91 Å². The molecular formula is C17H28N2O. The minimum atomic E-state index is -0.139. The summed E-state index contributed by atoms with van der Waals surface area (Å²) in [7, 11) is 0. The standard InChI is InChI=1S/C17H28N2O/c1-6-19(7-2)17(20)14(5)18-12-15-8-10-16(11-9-15)13(3)4/h8-11,13-14,18H,6-7,12H2,1-5H3. The van der Waals surface area contributed by atoms with Crippen LogP contribution in [0.15, 0.2) is 24.3 Å². The molecule has 1 rings (SSSR count). The van der Waals surface area contributed by atoms with E-state index in [-0.39, 0.29) is 11.9 Å².